The van der Waals surface area contributed by atoms with Gasteiger partial charge in [0.1, 0.15) is 11.3 Å². The van der Waals surface area contributed by atoms with Crippen LogP contribution in [0.15, 0.2) is 4.79 Å². The van der Waals surface area contributed by atoms with Crippen LogP contribution in [0.1, 0.15) is 55.2 Å². The van der Waals surface area contributed by atoms with E-state index < -0.39 is 17.0 Å². The molecule has 0 bridgehead atoms. The van der Waals surface area contributed by atoms with E-state index in [-0.39, 0.29) is 11.3 Å². The minimum absolute atomic E-state index is 0.153. The van der Waals surface area contributed by atoms with Crippen LogP contribution >= 0.6 is 0 Å². The summed E-state index contributed by atoms with van der Waals surface area (Å²) in [5.74, 6) is -0.681. The second-order valence-electron chi connectivity index (χ2n) is 6.05. The molecule has 1 aromatic rings. The maximum absolute atomic E-state index is 12.1. The molecule has 1 heterocycles. The van der Waals surface area contributed by atoms with Gasteiger partial charge < -0.3 is 15.4 Å². The van der Waals surface area contributed by atoms with E-state index in [0.29, 0.717) is 12.0 Å². The Kier molecular flexibility index (Phi) is 3.39. The number of H-pyrrole nitrogens is 1. The topological polar surface area (TPSA) is 82.2 Å². The molecule has 0 aliphatic heterocycles. The van der Waals surface area contributed by atoms with Gasteiger partial charge >= 0.3 is 0 Å². The van der Waals surface area contributed by atoms with E-state index in [1.807, 2.05) is 20.8 Å². The van der Waals surface area contributed by atoms with Crippen LogP contribution in [0.4, 0.5) is 0 Å². The Bertz CT molecular complexity index is 567. The molecular weight excluding hydrogens is 244 g/mol. The van der Waals surface area contributed by atoms with Gasteiger partial charge in [-0.05, 0) is 46.5 Å². The van der Waals surface area contributed by atoms with Gasteiger partial charge in [0, 0.05) is 16.8 Å². The molecule has 19 heavy (non-hydrogen) atoms. The van der Waals surface area contributed by atoms with Crippen LogP contribution in [0.2, 0.25) is 0 Å². The summed E-state index contributed by atoms with van der Waals surface area (Å²) >= 11 is 0. The molecule has 5 heteroatoms. The fourth-order valence-corrected chi connectivity index (χ4v) is 2.38. The number of aryl methyl sites for hydroxylation is 1. The predicted octanol–water partition coefficient (Wildman–Crippen LogP) is 1.49. The lowest BCUT2D eigenvalue weighted by Gasteiger charge is -2.22. The number of hydrogen-bond donors (Lipinski definition) is 3. The highest BCUT2D eigenvalue weighted by atomic mass is 16.3. The van der Waals surface area contributed by atoms with Gasteiger partial charge in [-0.2, -0.15) is 0 Å². The summed E-state index contributed by atoms with van der Waals surface area (Å²) in [6.45, 7) is 5.48. The normalized spacial score (nSPS) is 14.9. The van der Waals surface area contributed by atoms with Crippen LogP contribution < -0.4 is 10.9 Å². The number of carbonyl (C=O) groups excluding carboxylic acids is 1. The molecule has 0 unspecified atom stereocenters. The third-order valence-electron chi connectivity index (χ3n) is 3.20. The Morgan fingerprint density at radius 3 is 2.53 bits per heavy atom. The van der Waals surface area contributed by atoms with Crippen LogP contribution in [0.25, 0.3) is 0 Å². The van der Waals surface area contributed by atoms with E-state index in [4.69, 9.17) is 0 Å². The summed E-state index contributed by atoms with van der Waals surface area (Å²) in [7, 11) is 0. The second-order valence-corrected chi connectivity index (χ2v) is 6.05. The Morgan fingerprint density at radius 1 is 1.26 bits per heavy atom. The quantitative estimate of drug-likeness (QED) is 0.718. The number of fused-ring (bicyclic) bond motifs is 1. The molecule has 104 valence electrons. The predicted molar refractivity (Wildman–Crippen MR) is 72.6 cm³/mol. The number of hydrogen-bond acceptors (Lipinski definition) is 3. The summed E-state index contributed by atoms with van der Waals surface area (Å²) in [4.78, 5) is 26.8. The third-order valence-corrected chi connectivity index (χ3v) is 3.20. The highest BCUT2D eigenvalue weighted by molar-refractivity contribution is 5.97. The first-order valence-corrected chi connectivity index (χ1v) is 6.59. The number of carbonyl (C=O) groups is 1. The summed E-state index contributed by atoms with van der Waals surface area (Å²) < 4.78 is 0. The molecular formula is C14H20N2O3. The van der Waals surface area contributed by atoms with E-state index in [1.165, 1.54) is 0 Å². The van der Waals surface area contributed by atoms with Gasteiger partial charge in [-0.15, -0.1) is 0 Å². The highest BCUT2D eigenvalue weighted by Crippen LogP contribution is 2.28. The second kappa shape index (κ2) is 4.72. The van der Waals surface area contributed by atoms with Crippen molar-refractivity contribution in [1.82, 2.24) is 10.3 Å². The first-order chi connectivity index (χ1) is 8.79. The molecule has 1 aliphatic rings. The van der Waals surface area contributed by atoms with Crippen LogP contribution in [-0.2, 0) is 12.8 Å². The first-order valence-electron chi connectivity index (χ1n) is 6.59. The van der Waals surface area contributed by atoms with Crippen LogP contribution in [0, 0.1) is 0 Å². The number of aromatic amines is 1. The molecule has 0 saturated heterocycles. The van der Waals surface area contributed by atoms with Crippen molar-refractivity contribution in [1.29, 1.82) is 0 Å². The molecule has 2 rings (SSSR count). The largest absolute Gasteiger partial charge is 0.507 e. The van der Waals surface area contributed by atoms with Crippen molar-refractivity contribution in [3.63, 3.8) is 0 Å². The molecule has 0 fully saturated rings. The Hall–Kier alpha value is -1.78. The average Bonchev–Trinajstić information content (AvgIpc) is 2.26. The van der Waals surface area contributed by atoms with Crippen LogP contribution in [-0.4, -0.2) is 21.5 Å². The van der Waals surface area contributed by atoms with E-state index in [9.17, 15) is 14.7 Å². The first kappa shape index (κ1) is 13.6. The lowest BCUT2D eigenvalue weighted by Crippen LogP contribution is -2.43. The Balaban J connectivity index is 2.47. The Labute approximate surface area is 112 Å². The summed E-state index contributed by atoms with van der Waals surface area (Å²) in [5.41, 5.74) is 0.340. The lowest BCUT2D eigenvalue weighted by molar-refractivity contribution is 0.0915. The molecule has 0 spiro atoms. The van der Waals surface area contributed by atoms with E-state index in [0.717, 1.165) is 25.0 Å². The maximum Gasteiger partial charge on any atom is 0.264 e. The maximum atomic E-state index is 12.1. The smallest absolute Gasteiger partial charge is 0.264 e. The monoisotopic (exact) mass is 264 g/mol. The average molecular weight is 264 g/mol. The summed E-state index contributed by atoms with van der Waals surface area (Å²) in [5, 5.41) is 12.9. The summed E-state index contributed by atoms with van der Waals surface area (Å²) in [6, 6.07) is 0. The molecule has 1 aromatic heterocycles. The van der Waals surface area contributed by atoms with E-state index >= 15 is 0 Å². The van der Waals surface area contributed by atoms with Gasteiger partial charge in [-0.1, -0.05) is 0 Å². The zero-order chi connectivity index (χ0) is 14.2. The molecule has 0 saturated carbocycles. The van der Waals surface area contributed by atoms with Crippen molar-refractivity contribution in [3.8, 4) is 5.75 Å². The molecule has 0 aromatic carbocycles. The molecule has 0 radical (unpaired) electrons. The number of amides is 1. The number of aromatic nitrogens is 1. The number of nitrogens with one attached hydrogen (secondary N) is 2. The standard InChI is InChI=1S/C14H20N2O3/c1-14(2,3)16-13(19)10-11(17)8-6-4-5-7-9(8)15-12(10)18/h4-7H2,1-3H3,(H,16,19)(H2,15,17,18). The van der Waals surface area contributed by atoms with Gasteiger partial charge in [0.15, 0.2) is 0 Å². The third kappa shape index (κ3) is 2.80. The van der Waals surface area contributed by atoms with Gasteiger partial charge in [0.05, 0.1) is 0 Å². The van der Waals surface area contributed by atoms with Gasteiger partial charge in [-0.3, -0.25) is 9.59 Å². The van der Waals surface area contributed by atoms with E-state index in [2.05, 4.69) is 10.3 Å². The van der Waals surface area contributed by atoms with Crippen molar-refractivity contribution in [3.05, 3.63) is 27.2 Å². The minimum Gasteiger partial charge on any atom is -0.507 e. The lowest BCUT2D eigenvalue weighted by atomic mass is 9.93. The SMILES string of the molecule is CC(C)(C)NC(=O)c1c(O)c2c([nH]c1=O)CCCC2. The van der Waals surface area contributed by atoms with Gasteiger partial charge in [0.25, 0.3) is 11.5 Å². The van der Waals surface area contributed by atoms with Gasteiger partial charge in [-0.25, -0.2) is 0 Å². The zero-order valence-electron chi connectivity index (χ0n) is 11.6. The van der Waals surface area contributed by atoms with Crippen molar-refractivity contribution in [2.45, 2.75) is 52.0 Å². The number of rotatable bonds is 1. The molecule has 1 aliphatic carbocycles. The van der Waals surface area contributed by atoms with E-state index in [1.54, 1.807) is 0 Å². The van der Waals surface area contributed by atoms with Crippen LogP contribution in [0.3, 0.4) is 0 Å². The Morgan fingerprint density at radius 2 is 1.89 bits per heavy atom. The highest BCUT2D eigenvalue weighted by Gasteiger charge is 2.25. The van der Waals surface area contributed by atoms with Crippen molar-refractivity contribution >= 4 is 5.91 Å². The minimum atomic E-state index is -0.528. The summed E-state index contributed by atoms with van der Waals surface area (Å²) in [6.07, 6.45) is 3.41. The van der Waals surface area contributed by atoms with Crippen LogP contribution in [0.5, 0.6) is 5.75 Å². The fourth-order valence-electron chi connectivity index (χ4n) is 2.38. The molecule has 0 atom stereocenters. The molecule has 3 N–H and O–H groups in total. The number of aromatic hydroxyl groups is 1. The fraction of sp³-hybridized carbons (Fsp3) is 0.571. The molecule has 1 amide bonds. The number of pyridine rings is 1. The molecule has 5 nitrogen and oxygen atoms in total. The van der Waals surface area contributed by atoms with Gasteiger partial charge in [0.2, 0.25) is 0 Å². The van der Waals surface area contributed by atoms with Crippen molar-refractivity contribution in [2.24, 2.45) is 0 Å². The zero-order valence-corrected chi connectivity index (χ0v) is 11.6. The van der Waals surface area contributed by atoms with Crippen molar-refractivity contribution < 1.29 is 9.90 Å². The van der Waals surface area contributed by atoms with Crippen molar-refractivity contribution in [2.75, 3.05) is 0 Å².